The number of para-hydroxylation sites is 1. The minimum atomic E-state index is -0.978. The molecule has 0 spiro atoms. The van der Waals surface area contributed by atoms with E-state index >= 15 is 0 Å². The van der Waals surface area contributed by atoms with E-state index < -0.39 is 18.1 Å². The van der Waals surface area contributed by atoms with Crippen LogP contribution in [0.2, 0.25) is 0 Å². The van der Waals surface area contributed by atoms with Crippen LogP contribution in [0.3, 0.4) is 0 Å². The molecule has 0 fully saturated rings. The number of anilines is 2. The SMILES string of the molecule is COc1ccc(CCn2cc(NC(=O)C(C)OC(=O)Nc3ccccc3)cn2)cc1OC. The van der Waals surface area contributed by atoms with Gasteiger partial charge in [-0.1, -0.05) is 24.3 Å². The molecule has 9 nitrogen and oxygen atoms in total. The number of aryl methyl sites for hydroxylation is 2. The Morgan fingerprint density at radius 2 is 1.75 bits per heavy atom. The van der Waals surface area contributed by atoms with Crippen molar-refractivity contribution in [2.45, 2.75) is 26.0 Å². The standard InChI is InChI=1S/C23H26N4O5/c1-16(32-23(29)26-18-7-5-4-6-8-18)22(28)25-19-14-24-27(15-19)12-11-17-9-10-20(30-2)21(13-17)31-3/h4-10,13-16H,11-12H2,1-3H3,(H,25,28)(H,26,29). The third kappa shape index (κ3) is 6.24. The predicted molar refractivity (Wildman–Crippen MR) is 120 cm³/mol. The molecule has 0 bridgehead atoms. The lowest BCUT2D eigenvalue weighted by molar-refractivity contribution is -0.123. The number of nitrogens with one attached hydrogen (secondary N) is 2. The van der Waals surface area contributed by atoms with Gasteiger partial charge in [0.05, 0.1) is 26.1 Å². The van der Waals surface area contributed by atoms with Crippen molar-refractivity contribution >= 4 is 23.4 Å². The molecule has 1 heterocycles. The highest BCUT2D eigenvalue weighted by atomic mass is 16.6. The zero-order valence-corrected chi connectivity index (χ0v) is 18.2. The first-order valence-electron chi connectivity index (χ1n) is 10.1. The number of carbonyl (C=O) groups is 2. The maximum Gasteiger partial charge on any atom is 0.412 e. The molecule has 168 valence electrons. The first-order chi connectivity index (χ1) is 15.5. The molecule has 0 aliphatic heterocycles. The summed E-state index contributed by atoms with van der Waals surface area (Å²) in [7, 11) is 3.19. The minimum absolute atomic E-state index is 0.451. The summed E-state index contributed by atoms with van der Waals surface area (Å²) in [5, 5.41) is 9.53. The van der Waals surface area contributed by atoms with Crippen LogP contribution >= 0.6 is 0 Å². The molecule has 0 aliphatic rings. The molecule has 0 saturated carbocycles. The van der Waals surface area contributed by atoms with E-state index in [-0.39, 0.29) is 0 Å². The van der Waals surface area contributed by atoms with Gasteiger partial charge < -0.3 is 19.5 Å². The molecule has 0 aliphatic carbocycles. The van der Waals surface area contributed by atoms with Gasteiger partial charge >= 0.3 is 6.09 Å². The number of rotatable bonds is 9. The Morgan fingerprint density at radius 1 is 1.00 bits per heavy atom. The number of hydrogen-bond acceptors (Lipinski definition) is 6. The van der Waals surface area contributed by atoms with Crippen molar-refractivity contribution in [1.82, 2.24) is 9.78 Å². The molecule has 3 rings (SSSR count). The van der Waals surface area contributed by atoms with Gasteiger partial charge in [0.2, 0.25) is 0 Å². The third-order valence-corrected chi connectivity index (χ3v) is 4.65. The number of nitrogens with zero attached hydrogens (tertiary/aromatic N) is 2. The van der Waals surface area contributed by atoms with Crippen molar-refractivity contribution in [2.75, 3.05) is 24.9 Å². The van der Waals surface area contributed by atoms with Crippen LogP contribution in [0, 0.1) is 0 Å². The van der Waals surface area contributed by atoms with Crippen LogP contribution in [0.4, 0.5) is 16.2 Å². The summed E-state index contributed by atoms with van der Waals surface area (Å²) in [4.78, 5) is 24.3. The Hall–Kier alpha value is -4.01. The highest BCUT2D eigenvalue weighted by Gasteiger charge is 2.18. The lowest BCUT2D eigenvalue weighted by Crippen LogP contribution is -2.31. The van der Waals surface area contributed by atoms with E-state index in [0.29, 0.717) is 35.8 Å². The number of hydrogen-bond donors (Lipinski definition) is 2. The fourth-order valence-corrected chi connectivity index (χ4v) is 2.96. The fourth-order valence-electron chi connectivity index (χ4n) is 2.96. The van der Waals surface area contributed by atoms with Crippen molar-refractivity contribution in [2.24, 2.45) is 0 Å². The first kappa shape index (κ1) is 22.7. The van der Waals surface area contributed by atoms with Crippen LogP contribution in [-0.4, -0.2) is 42.1 Å². The molecule has 32 heavy (non-hydrogen) atoms. The van der Waals surface area contributed by atoms with Crippen LogP contribution in [0.15, 0.2) is 60.9 Å². The molecule has 2 amide bonds. The molecule has 1 atom stereocenters. The van der Waals surface area contributed by atoms with Gasteiger partial charge in [-0.2, -0.15) is 5.10 Å². The van der Waals surface area contributed by atoms with Crippen LogP contribution in [0.25, 0.3) is 0 Å². The zero-order valence-electron chi connectivity index (χ0n) is 18.2. The second-order valence-corrected chi connectivity index (χ2v) is 6.96. The monoisotopic (exact) mass is 438 g/mol. The van der Waals surface area contributed by atoms with E-state index in [1.165, 1.54) is 6.92 Å². The normalized spacial score (nSPS) is 11.3. The van der Waals surface area contributed by atoms with Crippen molar-refractivity contribution < 1.29 is 23.8 Å². The Bertz CT molecular complexity index is 1050. The highest BCUT2D eigenvalue weighted by molar-refractivity contribution is 5.95. The fraction of sp³-hybridized carbons (Fsp3) is 0.261. The van der Waals surface area contributed by atoms with E-state index in [1.54, 1.807) is 55.6 Å². The zero-order chi connectivity index (χ0) is 22.9. The molecule has 1 unspecified atom stereocenters. The van der Waals surface area contributed by atoms with Gasteiger partial charge in [0, 0.05) is 18.4 Å². The topological polar surface area (TPSA) is 104 Å². The largest absolute Gasteiger partial charge is 0.493 e. The number of amides is 2. The first-order valence-corrected chi connectivity index (χ1v) is 10.1. The van der Waals surface area contributed by atoms with Gasteiger partial charge in [-0.25, -0.2) is 4.79 Å². The summed E-state index contributed by atoms with van der Waals surface area (Å²) >= 11 is 0. The van der Waals surface area contributed by atoms with Crippen molar-refractivity contribution in [3.05, 3.63) is 66.5 Å². The van der Waals surface area contributed by atoms with Crippen molar-refractivity contribution in [3.63, 3.8) is 0 Å². The second-order valence-electron chi connectivity index (χ2n) is 6.96. The number of ether oxygens (including phenoxy) is 3. The summed E-state index contributed by atoms with van der Waals surface area (Å²) in [6.07, 6.45) is 2.30. The Morgan fingerprint density at radius 3 is 2.47 bits per heavy atom. The molecular formula is C23H26N4O5. The van der Waals surface area contributed by atoms with Gasteiger partial charge in [-0.15, -0.1) is 0 Å². The van der Waals surface area contributed by atoms with Gasteiger partial charge in [0.1, 0.15) is 0 Å². The molecule has 9 heteroatoms. The van der Waals surface area contributed by atoms with Crippen molar-refractivity contribution in [1.29, 1.82) is 0 Å². The summed E-state index contributed by atoms with van der Waals surface area (Å²) < 4.78 is 17.4. The third-order valence-electron chi connectivity index (χ3n) is 4.65. The van der Waals surface area contributed by atoms with Crippen LogP contribution < -0.4 is 20.1 Å². The van der Waals surface area contributed by atoms with Gasteiger partial charge in [0.15, 0.2) is 17.6 Å². The summed E-state index contributed by atoms with van der Waals surface area (Å²) in [6.45, 7) is 2.11. The molecule has 1 aromatic heterocycles. The summed E-state index contributed by atoms with van der Waals surface area (Å²) in [5.74, 6) is 0.894. The van der Waals surface area contributed by atoms with Crippen LogP contribution in [0.1, 0.15) is 12.5 Å². The lowest BCUT2D eigenvalue weighted by Gasteiger charge is -2.13. The van der Waals surface area contributed by atoms with Gasteiger partial charge in [-0.3, -0.25) is 14.8 Å². The molecule has 0 radical (unpaired) electrons. The number of carbonyl (C=O) groups excluding carboxylic acids is 2. The Labute approximate surface area is 186 Å². The second kappa shape index (κ2) is 10.9. The average Bonchev–Trinajstić information content (AvgIpc) is 3.25. The van der Waals surface area contributed by atoms with Gasteiger partial charge in [-0.05, 0) is 43.2 Å². The molecule has 0 saturated heterocycles. The van der Waals surface area contributed by atoms with E-state index in [9.17, 15) is 9.59 Å². The maximum atomic E-state index is 12.3. The maximum absolute atomic E-state index is 12.3. The van der Waals surface area contributed by atoms with Crippen LogP contribution in [-0.2, 0) is 22.5 Å². The molecule has 3 aromatic rings. The van der Waals surface area contributed by atoms with E-state index in [2.05, 4.69) is 15.7 Å². The smallest absolute Gasteiger partial charge is 0.412 e. The predicted octanol–water partition coefficient (Wildman–Crippen LogP) is 3.72. The highest BCUT2D eigenvalue weighted by Crippen LogP contribution is 2.27. The van der Waals surface area contributed by atoms with Gasteiger partial charge in [0.25, 0.3) is 5.91 Å². The van der Waals surface area contributed by atoms with Crippen LogP contribution in [0.5, 0.6) is 11.5 Å². The Kier molecular flexibility index (Phi) is 7.69. The summed E-state index contributed by atoms with van der Waals surface area (Å²) in [6, 6.07) is 14.6. The lowest BCUT2D eigenvalue weighted by atomic mass is 10.1. The molecule has 2 aromatic carbocycles. The average molecular weight is 438 g/mol. The Balaban J connectivity index is 1.48. The van der Waals surface area contributed by atoms with E-state index in [4.69, 9.17) is 14.2 Å². The quantitative estimate of drug-likeness (QED) is 0.528. The minimum Gasteiger partial charge on any atom is -0.493 e. The van der Waals surface area contributed by atoms with Crippen molar-refractivity contribution in [3.8, 4) is 11.5 Å². The molecule has 2 N–H and O–H groups in total. The summed E-state index contributed by atoms with van der Waals surface area (Å²) in [5.41, 5.74) is 2.16. The number of aromatic nitrogens is 2. The molecular weight excluding hydrogens is 412 g/mol. The number of methoxy groups -OCH3 is 2. The number of benzene rings is 2. The van der Waals surface area contributed by atoms with E-state index in [0.717, 1.165) is 5.56 Å². The van der Waals surface area contributed by atoms with E-state index in [1.807, 2.05) is 24.3 Å².